The maximum Gasteiger partial charge on any atom is 0.271 e. The lowest BCUT2D eigenvalue weighted by Crippen LogP contribution is -2.14. The van der Waals surface area contributed by atoms with Gasteiger partial charge in [0.25, 0.3) is 5.91 Å². The van der Waals surface area contributed by atoms with Gasteiger partial charge in [0, 0.05) is 12.1 Å². The van der Waals surface area contributed by atoms with Crippen molar-refractivity contribution in [2.24, 2.45) is 5.73 Å². The zero-order chi connectivity index (χ0) is 21.3. The van der Waals surface area contributed by atoms with Crippen molar-refractivity contribution in [3.63, 3.8) is 0 Å². The third kappa shape index (κ3) is 3.72. The summed E-state index contributed by atoms with van der Waals surface area (Å²) in [4.78, 5) is 11.9. The lowest BCUT2D eigenvalue weighted by molar-refractivity contribution is 0.0996. The molecule has 4 aromatic rings. The van der Waals surface area contributed by atoms with Gasteiger partial charge in [-0.1, -0.05) is 36.2 Å². The second kappa shape index (κ2) is 8.13. The van der Waals surface area contributed by atoms with E-state index in [1.54, 1.807) is 29.1 Å². The standard InChI is InChI=1S/C19H16Cl2N8O/c1-2-16-24-26-27-29(16)12-8-6-11(7-9-12)23-15-10-28(25-17(15)19(22)30)18-13(20)4-3-5-14(18)21/h3-10,23H,2H2,1H3,(H2,22,30). The van der Waals surface area contributed by atoms with E-state index in [1.165, 1.54) is 4.68 Å². The summed E-state index contributed by atoms with van der Waals surface area (Å²) in [6.07, 6.45) is 2.32. The lowest BCUT2D eigenvalue weighted by atomic mass is 10.2. The second-order valence-corrected chi connectivity index (χ2v) is 7.12. The topological polar surface area (TPSA) is 117 Å². The van der Waals surface area contributed by atoms with Gasteiger partial charge in [-0.25, -0.2) is 4.68 Å². The predicted octanol–water partition coefficient (Wildman–Crippen LogP) is 3.56. The Morgan fingerprint density at radius 3 is 2.47 bits per heavy atom. The zero-order valence-electron chi connectivity index (χ0n) is 15.8. The zero-order valence-corrected chi connectivity index (χ0v) is 17.3. The fraction of sp³-hybridized carbons (Fsp3) is 0.105. The van der Waals surface area contributed by atoms with Crippen molar-refractivity contribution < 1.29 is 4.79 Å². The van der Waals surface area contributed by atoms with E-state index in [2.05, 4.69) is 25.9 Å². The number of anilines is 2. The number of nitrogens with zero attached hydrogens (tertiary/aromatic N) is 6. The molecule has 0 aliphatic carbocycles. The molecule has 4 rings (SSSR count). The fourth-order valence-electron chi connectivity index (χ4n) is 2.94. The Labute approximate surface area is 181 Å². The summed E-state index contributed by atoms with van der Waals surface area (Å²) in [7, 11) is 0. The van der Waals surface area contributed by atoms with E-state index in [0.29, 0.717) is 27.8 Å². The van der Waals surface area contributed by atoms with E-state index in [0.717, 1.165) is 17.2 Å². The van der Waals surface area contributed by atoms with E-state index >= 15 is 0 Å². The highest BCUT2D eigenvalue weighted by molar-refractivity contribution is 6.37. The molecule has 0 spiro atoms. The van der Waals surface area contributed by atoms with Crippen molar-refractivity contribution in [2.75, 3.05) is 5.32 Å². The van der Waals surface area contributed by atoms with Crippen LogP contribution in [0.1, 0.15) is 23.2 Å². The van der Waals surface area contributed by atoms with Gasteiger partial charge in [0.1, 0.15) is 5.69 Å². The summed E-state index contributed by atoms with van der Waals surface area (Å²) >= 11 is 12.5. The maximum absolute atomic E-state index is 11.9. The van der Waals surface area contributed by atoms with Gasteiger partial charge >= 0.3 is 0 Å². The van der Waals surface area contributed by atoms with Gasteiger partial charge in [0.15, 0.2) is 11.5 Å². The van der Waals surface area contributed by atoms with E-state index in [4.69, 9.17) is 28.9 Å². The number of aromatic nitrogens is 6. The molecule has 0 saturated heterocycles. The smallest absolute Gasteiger partial charge is 0.271 e. The summed E-state index contributed by atoms with van der Waals surface area (Å²) < 4.78 is 3.09. The lowest BCUT2D eigenvalue weighted by Gasteiger charge is -2.07. The molecule has 2 heterocycles. The molecular weight excluding hydrogens is 427 g/mol. The first-order valence-corrected chi connectivity index (χ1v) is 9.72. The minimum atomic E-state index is -0.683. The van der Waals surface area contributed by atoms with Crippen LogP contribution in [0.5, 0.6) is 0 Å². The third-order valence-corrected chi connectivity index (χ3v) is 4.97. The van der Waals surface area contributed by atoms with Crippen molar-refractivity contribution in [3.05, 3.63) is 70.2 Å². The highest BCUT2D eigenvalue weighted by atomic mass is 35.5. The molecule has 30 heavy (non-hydrogen) atoms. The number of benzene rings is 2. The molecule has 11 heteroatoms. The van der Waals surface area contributed by atoms with Crippen molar-refractivity contribution in [2.45, 2.75) is 13.3 Å². The highest BCUT2D eigenvalue weighted by Crippen LogP contribution is 2.30. The molecule has 0 atom stereocenters. The molecule has 2 aromatic carbocycles. The largest absolute Gasteiger partial charge is 0.364 e. The van der Waals surface area contributed by atoms with Gasteiger partial charge in [0.2, 0.25) is 0 Å². The number of aryl methyl sites for hydroxylation is 1. The number of halogens is 2. The number of rotatable bonds is 6. The van der Waals surface area contributed by atoms with Crippen molar-refractivity contribution in [1.82, 2.24) is 30.0 Å². The molecule has 0 aliphatic rings. The van der Waals surface area contributed by atoms with E-state index in [-0.39, 0.29) is 5.69 Å². The minimum absolute atomic E-state index is 0.0591. The molecule has 0 aliphatic heterocycles. The number of nitrogens with two attached hydrogens (primary N) is 1. The Balaban J connectivity index is 1.66. The number of hydrogen-bond donors (Lipinski definition) is 2. The van der Waals surface area contributed by atoms with Gasteiger partial charge in [0.05, 0.1) is 27.6 Å². The Hall–Kier alpha value is -3.43. The number of carbonyl (C=O) groups excluding carboxylic acids is 1. The first kappa shape index (κ1) is 19.9. The summed E-state index contributed by atoms with van der Waals surface area (Å²) in [6.45, 7) is 1.98. The number of amides is 1. The van der Waals surface area contributed by atoms with Gasteiger partial charge in [-0.05, 0) is 46.8 Å². The molecule has 0 bridgehead atoms. The first-order valence-electron chi connectivity index (χ1n) is 8.96. The van der Waals surface area contributed by atoms with Crippen molar-refractivity contribution in [3.8, 4) is 11.4 Å². The highest BCUT2D eigenvalue weighted by Gasteiger charge is 2.18. The van der Waals surface area contributed by atoms with Crippen LogP contribution in [0.4, 0.5) is 11.4 Å². The summed E-state index contributed by atoms with van der Waals surface area (Å²) in [5.41, 5.74) is 7.98. The third-order valence-electron chi connectivity index (χ3n) is 4.36. The Kier molecular flexibility index (Phi) is 5.39. The SMILES string of the molecule is CCc1nnnn1-c1ccc(Nc2cn(-c3c(Cl)cccc3Cl)nc2C(N)=O)cc1. The van der Waals surface area contributed by atoms with Crippen LogP contribution >= 0.6 is 23.2 Å². The molecule has 0 fully saturated rings. The van der Waals surface area contributed by atoms with Gasteiger partial charge < -0.3 is 11.1 Å². The normalized spacial score (nSPS) is 10.9. The van der Waals surface area contributed by atoms with Crippen LogP contribution < -0.4 is 11.1 Å². The summed E-state index contributed by atoms with van der Waals surface area (Å²) in [6, 6.07) is 12.5. The Morgan fingerprint density at radius 1 is 1.13 bits per heavy atom. The van der Waals surface area contributed by atoms with Gasteiger partial charge in [-0.15, -0.1) is 5.10 Å². The van der Waals surface area contributed by atoms with Gasteiger partial charge in [-0.3, -0.25) is 4.79 Å². The maximum atomic E-state index is 11.9. The summed E-state index contributed by atoms with van der Waals surface area (Å²) in [5, 5.41) is 19.9. The fourth-order valence-corrected chi connectivity index (χ4v) is 3.51. The first-order chi connectivity index (χ1) is 14.5. The Morgan fingerprint density at radius 2 is 1.83 bits per heavy atom. The molecule has 9 nitrogen and oxygen atoms in total. The van der Waals surface area contributed by atoms with Crippen LogP contribution in [0, 0.1) is 0 Å². The minimum Gasteiger partial charge on any atom is -0.364 e. The van der Waals surface area contributed by atoms with Crippen LogP contribution in [0.15, 0.2) is 48.7 Å². The van der Waals surface area contributed by atoms with Crippen LogP contribution in [0.3, 0.4) is 0 Å². The van der Waals surface area contributed by atoms with E-state index in [9.17, 15) is 4.79 Å². The summed E-state index contributed by atoms with van der Waals surface area (Å²) in [5.74, 6) is 0.0712. The van der Waals surface area contributed by atoms with Crippen LogP contribution in [0.2, 0.25) is 10.0 Å². The van der Waals surface area contributed by atoms with Crippen LogP contribution in [0.25, 0.3) is 11.4 Å². The van der Waals surface area contributed by atoms with E-state index in [1.807, 2.05) is 31.2 Å². The number of para-hydroxylation sites is 1. The van der Waals surface area contributed by atoms with Crippen LogP contribution in [-0.4, -0.2) is 35.9 Å². The average molecular weight is 443 g/mol. The monoisotopic (exact) mass is 442 g/mol. The molecular formula is C19H16Cl2N8O. The average Bonchev–Trinajstić information content (AvgIpc) is 3.36. The number of primary amides is 1. The number of hydrogen-bond acceptors (Lipinski definition) is 6. The number of carbonyl (C=O) groups is 1. The molecule has 0 unspecified atom stereocenters. The van der Waals surface area contributed by atoms with Crippen LogP contribution in [-0.2, 0) is 6.42 Å². The van der Waals surface area contributed by atoms with Crippen molar-refractivity contribution in [1.29, 1.82) is 0 Å². The van der Waals surface area contributed by atoms with Crippen molar-refractivity contribution >= 4 is 40.5 Å². The molecule has 2 aromatic heterocycles. The molecule has 152 valence electrons. The molecule has 1 amide bonds. The predicted molar refractivity (Wildman–Crippen MR) is 114 cm³/mol. The molecule has 0 saturated carbocycles. The quantitative estimate of drug-likeness (QED) is 0.471. The molecule has 3 N–H and O–H groups in total. The second-order valence-electron chi connectivity index (χ2n) is 6.30. The Bertz CT molecular complexity index is 1200. The van der Waals surface area contributed by atoms with Gasteiger partial charge in [-0.2, -0.15) is 9.78 Å². The molecule has 0 radical (unpaired) electrons. The number of nitrogens with one attached hydrogen (secondary N) is 1. The number of tetrazole rings is 1. The van der Waals surface area contributed by atoms with E-state index < -0.39 is 5.91 Å².